The molecular formula is C15H15NO3S. The Morgan fingerprint density at radius 3 is 2.30 bits per heavy atom. The predicted octanol–water partition coefficient (Wildman–Crippen LogP) is 3.26. The Kier molecular flexibility index (Phi) is 4.20. The SMILES string of the molecule is COC(=O)c1ccccc1N=[S@](C)(=O)c1ccccc1. The molecule has 4 nitrogen and oxygen atoms in total. The highest BCUT2D eigenvalue weighted by atomic mass is 32.2. The van der Waals surface area contributed by atoms with Crippen LogP contribution in [0.25, 0.3) is 0 Å². The molecule has 0 aliphatic carbocycles. The second kappa shape index (κ2) is 5.88. The highest BCUT2D eigenvalue weighted by molar-refractivity contribution is 7.93. The van der Waals surface area contributed by atoms with Crippen LogP contribution in [0.1, 0.15) is 10.4 Å². The molecule has 2 rings (SSSR count). The van der Waals surface area contributed by atoms with E-state index in [9.17, 15) is 9.00 Å². The van der Waals surface area contributed by atoms with Gasteiger partial charge in [-0.3, -0.25) is 0 Å². The molecule has 0 aromatic heterocycles. The van der Waals surface area contributed by atoms with E-state index in [2.05, 4.69) is 4.36 Å². The minimum atomic E-state index is -2.61. The van der Waals surface area contributed by atoms with Crippen molar-refractivity contribution < 1.29 is 13.7 Å². The van der Waals surface area contributed by atoms with Crippen molar-refractivity contribution in [2.45, 2.75) is 4.90 Å². The van der Waals surface area contributed by atoms with E-state index in [0.717, 1.165) is 0 Å². The average molecular weight is 289 g/mol. The van der Waals surface area contributed by atoms with E-state index in [-0.39, 0.29) is 0 Å². The van der Waals surface area contributed by atoms with Crippen LogP contribution >= 0.6 is 0 Å². The zero-order valence-electron chi connectivity index (χ0n) is 11.3. The van der Waals surface area contributed by atoms with Crippen molar-refractivity contribution in [2.24, 2.45) is 4.36 Å². The second-order valence-electron chi connectivity index (χ2n) is 4.22. The molecule has 0 unspecified atom stereocenters. The van der Waals surface area contributed by atoms with Gasteiger partial charge in [0.1, 0.15) is 0 Å². The molecule has 0 bridgehead atoms. The van der Waals surface area contributed by atoms with Crippen LogP contribution in [0.15, 0.2) is 63.9 Å². The van der Waals surface area contributed by atoms with Crippen LogP contribution in [0.3, 0.4) is 0 Å². The highest BCUT2D eigenvalue weighted by Gasteiger charge is 2.13. The van der Waals surface area contributed by atoms with Gasteiger partial charge >= 0.3 is 5.97 Å². The molecule has 5 heteroatoms. The average Bonchev–Trinajstić information content (AvgIpc) is 2.47. The van der Waals surface area contributed by atoms with Crippen molar-refractivity contribution in [3.05, 3.63) is 60.2 Å². The van der Waals surface area contributed by atoms with E-state index in [1.807, 2.05) is 6.07 Å². The number of hydrogen-bond acceptors (Lipinski definition) is 4. The zero-order valence-corrected chi connectivity index (χ0v) is 12.1. The Bertz CT molecular complexity index is 732. The summed E-state index contributed by atoms with van der Waals surface area (Å²) in [7, 11) is -1.31. The van der Waals surface area contributed by atoms with Gasteiger partial charge in [0.15, 0.2) is 0 Å². The van der Waals surface area contributed by atoms with Crippen molar-refractivity contribution in [3.8, 4) is 0 Å². The number of ether oxygens (including phenoxy) is 1. The summed E-state index contributed by atoms with van der Waals surface area (Å²) in [5, 5.41) is 0. The third-order valence-corrected chi connectivity index (χ3v) is 4.45. The van der Waals surface area contributed by atoms with Crippen molar-refractivity contribution >= 4 is 21.4 Å². The molecule has 0 saturated heterocycles. The van der Waals surface area contributed by atoms with Gasteiger partial charge in [-0.1, -0.05) is 30.3 Å². The largest absolute Gasteiger partial charge is 0.465 e. The topological polar surface area (TPSA) is 55.7 Å². The van der Waals surface area contributed by atoms with Gasteiger partial charge in [0.25, 0.3) is 0 Å². The first-order valence-electron chi connectivity index (χ1n) is 5.99. The van der Waals surface area contributed by atoms with Crippen LogP contribution < -0.4 is 0 Å². The van der Waals surface area contributed by atoms with E-state index < -0.39 is 15.7 Å². The lowest BCUT2D eigenvalue weighted by Gasteiger charge is -2.07. The Morgan fingerprint density at radius 2 is 1.65 bits per heavy atom. The van der Waals surface area contributed by atoms with Crippen LogP contribution in [-0.4, -0.2) is 23.5 Å². The molecule has 20 heavy (non-hydrogen) atoms. The van der Waals surface area contributed by atoms with Crippen LogP contribution in [0, 0.1) is 0 Å². The number of carbonyl (C=O) groups is 1. The molecule has 0 radical (unpaired) electrons. The van der Waals surface area contributed by atoms with Crippen LogP contribution in [0.2, 0.25) is 0 Å². The van der Waals surface area contributed by atoms with Crippen LogP contribution in [0.5, 0.6) is 0 Å². The lowest BCUT2D eigenvalue weighted by Crippen LogP contribution is -2.02. The summed E-state index contributed by atoms with van der Waals surface area (Å²) in [5.74, 6) is -0.493. The predicted molar refractivity (Wildman–Crippen MR) is 78.6 cm³/mol. The molecule has 0 heterocycles. The fraction of sp³-hybridized carbons (Fsp3) is 0.133. The summed E-state index contributed by atoms with van der Waals surface area (Å²) >= 11 is 0. The third-order valence-electron chi connectivity index (χ3n) is 2.76. The van der Waals surface area contributed by atoms with Crippen LogP contribution in [-0.2, 0) is 14.5 Å². The normalized spacial score (nSPS) is 13.3. The summed E-state index contributed by atoms with van der Waals surface area (Å²) in [4.78, 5) is 12.3. The summed E-state index contributed by atoms with van der Waals surface area (Å²) in [5.41, 5.74) is 0.677. The van der Waals surface area contributed by atoms with Gasteiger partial charge in [-0.15, -0.1) is 0 Å². The maximum Gasteiger partial charge on any atom is 0.340 e. The number of esters is 1. The molecule has 104 valence electrons. The standard InChI is InChI=1S/C15H15NO3S/c1-19-15(17)13-10-6-7-11-14(13)16-20(2,18)12-8-4-3-5-9-12/h3-11H,1-2H3/t20-/m1/s1. The number of methoxy groups -OCH3 is 1. The Balaban J connectivity index is 2.56. The lowest BCUT2D eigenvalue weighted by atomic mass is 10.2. The maximum atomic E-state index is 12.7. The van der Waals surface area contributed by atoms with E-state index >= 15 is 0 Å². The quantitative estimate of drug-likeness (QED) is 0.815. The van der Waals surface area contributed by atoms with Gasteiger partial charge in [0, 0.05) is 11.2 Å². The molecule has 0 N–H and O–H groups in total. The first-order valence-corrected chi connectivity index (χ1v) is 7.91. The summed E-state index contributed by atoms with van der Waals surface area (Å²) in [6.07, 6.45) is 1.55. The number of nitrogens with zero attached hydrogens (tertiary/aromatic N) is 1. The molecule has 0 amide bonds. The molecule has 0 saturated carbocycles. The van der Waals surface area contributed by atoms with E-state index in [4.69, 9.17) is 4.74 Å². The second-order valence-corrected chi connectivity index (χ2v) is 6.47. The molecule has 0 spiro atoms. The first-order chi connectivity index (χ1) is 9.54. The number of benzene rings is 2. The molecule has 2 aromatic rings. The maximum absolute atomic E-state index is 12.7. The van der Waals surface area contributed by atoms with Gasteiger partial charge in [-0.25, -0.2) is 9.00 Å². The van der Waals surface area contributed by atoms with Gasteiger partial charge in [-0.05, 0) is 24.3 Å². The summed E-state index contributed by atoms with van der Waals surface area (Å²) < 4.78 is 21.7. The minimum Gasteiger partial charge on any atom is -0.465 e. The Hall–Kier alpha value is -2.14. The van der Waals surface area contributed by atoms with Crippen molar-refractivity contribution in [1.29, 1.82) is 0 Å². The van der Waals surface area contributed by atoms with E-state index in [1.165, 1.54) is 7.11 Å². The fourth-order valence-corrected chi connectivity index (χ4v) is 3.05. The Morgan fingerprint density at radius 1 is 1.05 bits per heavy atom. The smallest absolute Gasteiger partial charge is 0.340 e. The monoisotopic (exact) mass is 289 g/mol. The van der Waals surface area contributed by atoms with Crippen molar-refractivity contribution in [2.75, 3.05) is 13.4 Å². The third kappa shape index (κ3) is 3.05. The molecular weight excluding hydrogens is 274 g/mol. The number of rotatable bonds is 3. The van der Waals surface area contributed by atoms with Gasteiger partial charge in [0.05, 0.1) is 28.1 Å². The molecule has 0 aliphatic rings. The van der Waals surface area contributed by atoms with Gasteiger partial charge in [-0.2, -0.15) is 4.36 Å². The highest BCUT2D eigenvalue weighted by Crippen LogP contribution is 2.24. The van der Waals surface area contributed by atoms with E-state index in [1.54, 1.807) is 54.8 Å². The van der Waals surface area contributed by atoms with Gasteiger partial charge in [0.2, 0.25) is 0 Å². The summed E-state index contributed by atoms with van der Waals surface area (Å²) in [6, 6.07) is 15.7. The van der Waals surface area contributed by atoms with Crippen molar-refractivity contribution in [1.82, 2.24) is 0 Å². The van der Waals surface area contributed by atoms with Gasteiger partial charge < -0.3 is 4.74 Å². The molecule has 0 fully saturated rings. The lowest BCUT2D eigenvalue weighted by molar-refractivity contribution is 0.0602. The van der Waals surface area contributed by atoms with E-state index in [0.29, 0.717) is 16.1 Å². The number of carbonyl (C=O) groups excluding carboxylic acids is 1. The van der Waals surface area contributed by atoms with Crippen molar-refractivity contribution in [3.63, 3.8) is 0 Å². The molecule has 0 aliphatic heterocycles. The number of hydrogen-bond donors (Lipinski definition) is 0. The minimum absolute atomic E-state index is 0.306. The Labute approximate surface area is 118 Å². The molecule has 2 aromatic carbocycles. The fourth-order valence-electron chi connectivity index (χ4n) is 1.75. The zero-order chi connectivity index (χ0) is 14.6. The van der Waals surface area contributed by atoms with Crippen LogP contribution in [0.4, 0.5) is 5.69 Å². The summed E-state index contributed by atoms with van der Waals surface area (Å²) in [6.45, 7) is 0. The first kappa shape index (κ1) is 14.3. The molecule has 1 atom stereocenters.